The first-order valence-corrected chi connectivity index (χ1v) is 13.9. The van der Waals surface area contributed by atoms with Gasteiger partial charge in [-0.15, -0.1) is 11.8 Å². The van der Waals surface area contributed by atoms with Gasteiger partial charge in [-0.3, -0.25) is 9.59 Å². The summed E-state index contributed by atoms with van der Waals surface area (Å²) in [6.45, 7) is 2.37. The highest BCUT2D eigenvalue weighted by atomic mass is 35.5. The van der Waals surface area contributed by atoms with Crippen molar-refractivity contribution < 1.29 is 9.59 Å². The molecule has 188 valence electrons. The third kappa shape index (κ3) is 7.62. The Labute approximate surface area is 223 Å². The average Bonchev–Trinajstić information content (AvgIpc) is 3.39. The van der Waals surface area contributed by atoms with Gasteiger partial charge in [-0.1, -0.05) is 84.6 Å². The molecule has 0 bridgehead atoms. The largest absolute Gasteiger partial charge is 0.352 e. The zero-order chi connectivity index (χ0) is 25.3. The lowest BCUT2D eigenvalue weighted by Crippen LogP contribution is -2.52. The van der Waals surface area contributed by atoms with Gasteiger partial charge in [-0.05, 0) is 55.2 Å². The first-order valence-electron chi connectivity index (χ1n) is 12.6. The van der Waals surface area contributed by atoms with Crippen LogP contribution in [0, 0.1) is 6.92 Å². The summed E-state index contributed by atoms with van der Waals surface area (Å²) < 4.78 is 0. The number of thioether (sulfide) groups is 1. The van der Waals surface area contributed by atoms with E-state index in [9.17, 15) is 9.59 Å². The molecule has 2 amide bonds. The second kappa shape index (κ2) is 13.0. The molecule has 0 aliphatic heterocycles. The molecular weight excluding hydrogens is 488 g/mol. The van der Waals surface area contributed by atoms with Crippen LogP contribution >= 0.6 is 23.4 Å². The fourth-order valence-electron chi connectivity index (χ4n) is 4.62. The van der Waals surface area contributed by atoms with Crippen molar-refractivity contribution in [2.24, 2.45) is 0 Å². The maximum Gasteiger partial charge on any atom is 0.243 e. The number of benzene rings is 3. The third-order valence-corrected chi connectivity index (χ3v) is 7.83. The van der Waals surface area contributed by atoms with Gasteiger partial charge >= 0.3 is 0 Å². The first kappa shape index (κ1) is 26.3. The van der Waals surface area contributed by atoms with Gasteiger partial charge in [0, 0.05) is 28.9 Å². The van der Waals surface area contributed by atoms with Gasteiger partial charge in [0.2, 0.25) is 11.8 Å². The topological polar surface area (TPSA) is 49.4 Å². The Kier molecular flexibility index (Phi) is 9.48. The van der Waals surface area contributed by atoms with Gasteiger partial charge in [0.1, 0.15) is 6.04 Å². The molecule has 1 atom stereocenters. The van der Waals surface area contributed by atoms with Gasteiger partial charge < -0.3 is 10.2 Å². The second-order valence-corrected chi connectivity index (χ2v) is 10.9. The summed E-state index contributed by atoms with van der Waals surface area (Å²) in [6.07, 6.45) is 4.71. The molecule has 3 aromatic carbocycles. The molecule has 0 radical (unpaired) electrons. The van der Waals surface area contributed by atoms with E-state index in [1.54, 1.807) is 4.90 Å². The highest BCUT2D eigenvalue weighted by Gasteiger charge is 2.32. The number of carbonyl (C=O) groups is 2. The van der Waals surface area contributed by atoms with Crippen LogP contribution in [0.5, 0.6) is 0 Å². The van der Waals surface area contributed by atoms with E-state index in [-0.39, 0.29) is 23.6 Å². The van der Waals surface area contributed by atoms with Crippen LogP contribution in [0.3, 0.4) is 0 Å². The monoisotopic (exact) mass is 520 g/mol. The predicted molar refractivity (Wildman–Crippen MR) is 148 cm³/mol. The lowest BCUT2D eigenvalue weighted by molar-refractivity contribution is -0.139. The molecule has 4 nitrogen and oxygen atoms in total. The smallest absolute Gasteiger partial charge is 0.243 e. The highest BCUT2D eigenvalue weighted by molar-refractivity contribution is 8.00. The summed E-state index contributed by atoms with van der Waals surface area (Å²) in [5, 5.41) is 3.86. The molecule has 4 rings (SSSR count). The van der Waals surface area contributed by atoms with Gasteiger partial charge in [-0.25, -0.2) is 0 Å². The fraction of sp³-hybridized carbons (Fsp3) is 0.333. The molecule has 1 aliphatic carbocycles. The number of hydrogen-bond acceptors (Lipinski definition) is 3. The van der Waals surface area contributed by atoms with Crippen LogP contribution in [0.15, 0.2) is 83.8 Å². The van der Waals surface area contributed by atoms with Crippen LogP contribution in [0.1, 0.15) is 42.4 Å². The van der Waals surface area contributed by atoms with Crippen molar-refractivity contribution in [3.05, 3.63) is 101 Å². The maximum absolute atomic E-state index is 13.7. The van der Waals surface area contributed by atoms with E-state index < -0.39 is 6.04 Å². The number of nitrogens with zero attached hydrogens (tertiary/aromatic N) is 1. The maximum atomic E-state index is 13.7. The number of nitrogens with one attached hydrogen (secondary N) is 1. The van der Waals surface area contributed by atoms with E-state index in [1.807, 2.05) is 85.8 Å². The third-order valence-electron chi connectivity index (χ3n) is 6.60. The normalized spacial score (nSPS) is 14.4. The number of aryl methyl sites for hydroxylation is 1. The lowest BCUT2D eigenvalue weighted by Gasteiger charge is -2.32. The molecule has 1 saturated carbocycles. The Morgan fingerprint density at radius 1 is 0.972 bits per heavy atom. The number of rotatable bonds is 10. The van der Waals surface area contributed by atoms with Crippen LogP contribution in [0.2, 0.25) is 5.02 Å². The molecular formula is C30H33ClN2O2S. The van der Waals surface area contributed by atoms with Crippen LogP contribution in [-0.4, -0.2) is 34.6 Å². The quantitative estimate of drug-likeness (QED) is 0.313. The SMILES string of the molecule is Cc1ccc(SCC(=O)N(Cc2cccc(Cl)c2)[C@@H](Cc2ccccc2)C(=O)NC2CCCC2)cc1. The fourth-order valence-corrected chi connectivity index (χ4v) is 5.61. The summed E-state index contributed by atoms with van der Waals surface area (Å²) in [5.41, 5.74) is 3.11. The van der Waals surface area contributed by atoms with E-state index in [0.29, 0.717) is 18.0 Å². The summed E-state index contributed by atoms with van der Waals surface area (Å²) in [4.78, 5) is 30.2. The Morgan fingerprint density at radius 2 is 1.67 bits per heavy atom. The molecule has 1 fully saturated rings. The van der Waals surface area contributed by atoms with E-state index >= 15 is 0 Å². The summed E-state index contributed by atoms with van der Waals surface area (Å²) >= 11 is 7.76. The van der Waals surface area contributed by atoms with Crippen molar-refractivity contribution in [2.75, 3.05) is 5.75 Å². The van der Waals surface area contributed by atoms with E-state index in [4.69, 9.17) is 11.6 Å². The van der Waals surface area contributed by atoms with Gasteiger partial charge in [0.05, 0.1) is 5.75 Å². The molecule has 0 spiro atoms. The molecule has 0 saturated heterocycles. The Hall–Kier alpha value is -2.76. The highest BCUT2D eigenvalue weighted by Crippen LogP contribution is 2.23. The number of halogens is 1. The van der Waals surface area contributed by atoms with Crippen LogP contribution in [0.25, 0.3) is 0 Å². The van der Waals surface area contributed by atoms with Crippen LogP contribution in [0.4, 0.5) is 0 Å². The number of amides is 2. The summed E-state index contributed by atoms with van der Waals surface area (Å²) in [5.74, 6) is 0.107. The predicted octanol–water partition coefficient (Wildman–Crippen LogP) is 6.44. The molecule has 3 aromatic rings. The average molecular weight is 521 g/mol. The van der Waals surface area contributed by atoms with Crippen LogP contribution < -0.4 is 5.32 Å². The van der Waals surface area contributed by atoms with Gasteiger partial charge in [0.15, 0.2) is 0 Å². The van der Waals surface area contributed by atoms with E-state index in [1.165, 1.54) is 17.3 Å². The van der Waals surface area contributed by atoms with Crippen LogP contribution in [-0.2, 0) is 22.6 Å². The zero-order valence-corrected chi connectivity index (χ0v) is 22.2. The van der Waals surface area contributed by atoms with Crippen molar-refractivity contribution in [3.8, 4) is 0 Å². The number of carbonyl (C=O) groups excluding carboxylic acids is 2. The Balaban J connectivity index is 1.60. The van der Waals surface area contributed by atoms with Crippen molar-refractivity contribution in [1.29, 1.82) is 0 Å². The van der Waals surface area contributed by atoms with Gasteiger partial charge in [-0.2, -0.15) is 0 Å². The molecule has 36 heavy (non-hydrogen) atoms. The molecule has 0 aromatic heterocycles. The standard InChI is InChI=1S/C30H33ClN2O2S/c1-22-14-16-27(17-15-22)36-21-29(34)33(20-24-10-7-11-25(31)18-24)28(19-23-8-3-2-4-9-23)30(35)32-26-12-5-6-13-26/h2-4,7-11,14-18,26,28H,5-6,12-13,19-21H2,1H3,(H,32,35)/t28-/m0/s1. The molecule has 0 unspecified atom stereocenters. The molecule has 1 aliphatic rings. The van der Waals surface area contributed by atoms with Crippen molar-refractivity contribution >= 4 is 35.2 Å². The van der Waals surface area contributed by atoms with Crippen molar-refractivity contribution in [2.45, 2.75) is 62.6 Å². The zero-order valence-electron chi connectivity index (χ0n) is 20.7. The summed E-state index contributed by atoms with van der Waals surface area (Å²) in [7, 11) is 0. The Morgan fingerprint density at radius 3 is 2.36 bits per heavy atom. The Bertz CT molecular complexity index is 1150. The second-order valence-electron chi connectivity index (χ2n) is 9.45. The minimum absolute atomic E-state index is 0.0666. The molecule has 6 heteroatoms. The minimum atomic E-state index is -0.613. The van der Waals surface area contributed by atoms with Crippen molar-refractivity contribution in [1.82, 2.24) is 10.2 Å². The summed E-state index contributed by atoms with van der Waals surface area (Å²) in [6, 6.07) is 25.2. The first-order chi connectivity index (χ1) is 17.5. The molecule has 1 N–H and O–H groups in total. The van der Waals surface area contributed by atoms with Crippen molar-refractivity contribution in [3.63, 3.8) is 0 Å². The van der Waals surface area contributed by atoms with E-state index in [2.05, 4.69) is 5.32 Å². The lowest BCUT2D eigenvalue weighted by atomic mass is 10.0. The van der Waals surface area contributed by atoms with E-state index in [0.717, 1.165) is 41.7 Å². The molecule has 0 heterocycles. The van der Waals surface area contributed by atoms with Gasteiger partial charge in [0.25, 0.3) is 0 Å². The minimum Gasteiger partial charge on any atom is -0.352 e. The number of hydrogen-bond donors (Lipinski definition) is 1.